The lowest BCUT2D eigenvalue weighted by Crippen LogP contribution is -2.48. The third-order valence-electron chi connectivity index (χ3n) is 7.57. The van der Waals surface area contributed by atoms with E-state index in [0.29, 0.717) is 5.41 Å². The lowest BCUT2D eigenvalue weighted by molar-refractivity contribution is -0.00515. The number of nitrogens with zero attached hydrogens (tertiary/aromatic N) is 2. The molecule has 0 spiro atoms. The molecule has 144 valence electrons. The number of hydrogen-bond donors (Lipinski definition) is 0. The molecule has 0 aliphatic heterocycles. The Labute approximate surface area is 174 Å². The molecule has 0 unspecified atom stereocenters. The van der Waals surface area contributed by atoms with Gasteiger partial charge in [-0.2, -0.15) is 0 Å². The maximum absolute atomic E-state index is 6.35. The molecule has 4 fully saturated rings. The molecule has 3 nitrogen and oxygen atoms in total. The average Bonchev–Trinajstić information content (AvgIpc) is 3.34. The van der Waals surface area contributed by atoms with Crippen LogP contribution in [0.1, 0.15) is 44.1 Å². The zero-order valence-electron chi connectivity index (χ0n) is 15.6. The van der Waals surface area contributed by atoms with Crippen molar-refractivity contribution in [3.63, 3.8) is 0 Å². The van der Waals surface area contributed by atoms with Gasteiger partial charge in [-0.1, -0.05) is 12.1 Å². The highest BCUT2D eigenvalue weighted by atomic mass is 35.5. The van der Waals surface area contributed by atoms with Gasteiger partial charge in [-0.25, -0.2) is 4.98 Å². The molecule has 3 aromatic heterocycles. The maximum Gasteiger partial charge on any atom is 0.194 e. The van der Waals surface area contributed by atoms with Crippen LogP contribution in [0.25, 0.3) is 27.4 Å². The molecular weight excluding hydrogens is 388 g/mol. The first-order valence-electron chi connectivity index (χ1n) is 10.2. The zero-order chi connectivity index (χ0) is 17.6. The van der Waals surface area contributed by atoms with Crippen LogP contribution >= 0.6 is 23.7 Å². The first-order chi connectivity index (χ1) is 13.3. The zero-order valence-corrected chi connectivity index (χ0v) is 17.3. The van der Waals surface area contributed by atoms with Gasteiger partial charge >= 0.3 is 0 Å². The summed E-state index contributed by atoms with van der Waals surface area (Å²) in [4.78, 5) is 5.39. The molecule has 4 bridgehead atoms. The van der Waals surface area contributed by atoms with Crippen molar-refractivity contribution in [1.29, 1.82) is 0 Å². The molecule has 3 heterocycles. The minimum atomic E-state index is 0. The van der Waals surface area contributed by atoms with Crippen molar-refractivity contribution in [3.8, 4) is 11.5 Å². The summed E-state index contributed by atoms with van der Waals surface area (Å²) in [6.07, 6.45) is 12.5. The fraction of sp³-hybridized carbons (Fsp3) is 0.435. The summed E-state index contributed by atoms with van der Waals surface area (Å²) in [5.41, 5.74) is 4.10. The minimum absolute atomic E-state index is 0. The summed E-state index contributed by atoms with van der Waals surface area (Å²) in [5.74, 6) is 3.86. The highest BCUT2D eigenvalue weighted by molar-refractivity contribution is 7.15. The molecule has 0 N–H and O–H groups in total. The third kappa shape index (κ3) is 2.31. The van der Waals surface area contributed by atoms with Gasteiger partial charge in [0.2, 0.25) is 0 Å². The van der Waals surface area contributed by atoms with Gasteiger partial charge in [0.15, 0.2) is 10.7 Å². The molecule has 4 saturated carbocycles. The summed E-state index contributed by atoms with van der Waals surface area (Å²) in [5, 5.41) is 3.35. The van der Waals surface area contributed by atoms with Gasteiger partial charge in [0.1, 0.15) is 11.3 Å². The summed E-state index contributed by atoms with van der Waals surface area (Å²) in [7, 11) is 0. The lowest BCUT2D eigenvalue weighted by Gasteiger charge is -2.57. The SMILES string of the molecule is Cl.c1cn2c(-c3cc4ccc(C56CC7CC(CC(C7)C5)C6)cc4o3)csc2n1. The van der Waals surface area contributed by atoms with E-state index in [-0.39, 0.29) is 12.4 Å². The van der Waals surface area contributed by atoms with Crippen molar-refractivity contribution in [2.24, 2.45) is 17.8 Å². The fourth-order valence-electron chi connectivity index (χ4n) is 6.85. The van der Waals surface area contributed by atoms with Crippen LogP contribution in [0.4, 0.5) is 0 Å². The normalized spacial score (nSPS) is 30.9. The maximum atomic E-state index is 6.35. The van der Waals surface area contributed by atoms with E-state index in [2.05, 4.69) is 39.0 Å². The number of aromatic nitrogens is 2. The summed E-state index contributed by atoms with van der Waals surface area (Å²) >= 11 is 1.66. The van der Waals surface area contributed by atoms with Gasteiger partial charge in [-0.05, 0) is 79.4 Å². The van der Waals surface area contributed by atoms with E-state index < -0.39 is 0 Å². The molecule has 5 heteroatoms. The molecule has 4 aliphatic carbocycles. The van der Waals surface area contributed by atoms with E-state index in [1.54, 1.807) is 11.3 Å². The van der Waals surface area contributed by atoms with Crippen LogP contribution in [0.2, 0.25) is 0 Å². The number of halogens is 1. The van der Waals surface area contributed by atoms with Crippen LogP contribution in [0.15, 0.2) is 46.5 Å². The highest BCUT2D eigenvalue weighted by Gasteiger charge is 2.51. The van der Waals surface area contributed by atoms with Crippen molar-refractivity contribution in [1.82, 2.24) is 9.38 Å². The number of thiazole rings is 1. The highest BCUT2D eigenvalue weighted by Crippen LogP contribution is 2.60. The van der Waals surface area contributed by atoms with E-state index in [0.717, 1.165) is 39.8 Å². The third-order valence-corrected chi connectivity index (χ3v) is 8.42. The van der Waals surface area contributed by atoms with E-state index in [4.69, 9.17) is 4.42 Å². The Kier molecular flexibility index (Phi) is 3.58. The van der Waals surface area contributed by atoms with Crippen molar-refractivity contribution in [2.75, 3.05) is 0 Å². The molecule has 4 aromatic rings. The Morgan fingerprint density at radius 2 is 1.79 bits per heavy atom. The van der Waals surface area contributed by atoms with Crippen molar-refractivity contribution in [3.05, 3.63) is 47.6 Å². The summed E-state index contributed by atoms with van der Waals surface area (Å²) in [6.45, 7) is 0. The predicted octanol–water partition coefficient (Wildman–Crippen LogP) is 6.70. The minimum Gasteiger partial charge on any atom is -0.454 e. The van der Waals surface area contributed by atoms with E-state index >= 15 is 0 Å². The van der Waals surface area contributed by atoms with E-state index in [1.807, 2.05) is 12.4 Å². The van der Waals surface area contributed by atoms with Crippen LogP contribution in [-0.4, -0.2) is 9.38 Å². The van der Waals surface area contributed by atoms with E-state index in [9.17, 15) is 0 Å². The van der Waals surface area contributed by atoms with Crippen LogP contribution in [-0.2, 0) is 5.41 Å². The Morgan fingerprint density at radius 3 is 2.54 bits per heavy atom. The van der Waals surface area contributed by atoms with Crippen LogP contribution in [0.3, 0.4) is 0 Å². The Balaban J connectivity index is 0.00000156. The quantitative estimate of drug-likeness (QED) is 0.368. The van der Waals surface area contributed by atoms with Gasteiger partial charge in [0.05, 0.1) is 0 Å². The van der Waals surface area contributed by atoms with E-state index in [1.165, 1.54) is 49.5 Å². The van der Waals surface area contributed by atoms with Gasteiger partial charge < -0.3 is 4.42 Å². The first-order valence-corrected chi connectivity index (χ1v) is 11.1. The van der Waals surface area contributed by atoms with Crippen molar-refractivity contribution >= 4 is 39.7 Å². The number of benzene rings is 1. The molecule has 4 aliphatic rings. The van der Waals surface area contributed by atoms with Crippen LogP contribution < -0.4 is 0 Å². The molecule has 28 heavy (non-hydrogen) atoms. The number of hydrogen-bond acceptors (Lipinski definition) is 3. The Bertz CT molecular complexity index is 1150. The molecule has 0 saturated heterocycles. The second-order valence-corrected chi connectivity index (χ2v) is 10.1. The number of furan rings is 1. The number of fused-ring (bicyclic) bond motifs is 2. The Hall–Kier alpha value is -1.78. The summed E-state index contributed by atoms with van der Waals surface area (Å²) < 4.78 is 8.47. The molecule has 0 radical (unpaired) electrons. The average molecular weight is 411 g/mol. The predicted molar refractivity (Wildman–Crippen MR) is 115 cm³/mol. The van der Waals surface area contributed by atoms with Crippen LogP contribution in [0.5, 0.6) is 0 Å². The number of imidazole rings is 1. The molecule has 0 atom stereocenters. The smallest absolute Gasteiger partial charge is 0.194 e. The Morgan fingerprint density at radius 1 is 1.04 bits per heavy atom. The van der Waals surface area contributed by atoms with Gasteiger partial charge in [-0.3, -0.25) is 4.40 Å². The second-order valence-electron chi connectivity index (χ2n) is 9.26. The topological polar surface area (TPSA) is 30.4 Å². The van der Waals surface area contributed by atoms with Gasteiger partial charge in [0.25, 0.3) is 0 Å². The van der Waals surface area contributed by atoms with Crippen LogP contribution in [0, 0.1) is 17.8 Å². The lowest BCUT2D eigenvalue weighted by atomic mass is 9.48. The van der Waals surface area contributed by atoms with Crippen molar-refractivity contribution < 1.29 is 4.42 Å². The van der Waals surface area contributed by atoms with Gasteiger partial charge in [0, 0.05) is 23.2 Å². The molecular formula is C23H23ClN2OS. The first kappa shape index (κ1) is 17.1. The molecule has 0 amide bonds. The second kappa shape index (κ2) is 5.87. The number of rotatable bonds is 2. The largest absolute Gasteiger partial charge is 0.454 e. The molecule has 1 aromatic carbocycles. The van der Waals surface area contributed by atoms with Gasteiger partial charge in [-0.15, -0.1) is 23.7 Å². The monoisotopic (exact) mass is 410 g/mol. The molecule has 8 rings (SSSR count). The van der Waals surface area contributed by atoms with Crippen molar-refractivity contribution in [2.45, 2.75) is 43.9 Å². The summed E-state index contributed by atoms with van der Waals surface area (Å²) in [6, 6.07) is 9.23. The standard InChI is InChI=1S/C23H22N2OS.ClH/c1-2-18(23-10-14-5-15(11-23)7-16(6-14)12-23)9-20-17(1)8-21(26-20)19-13-27-22-24-3-4-25(19)22;/h1-4,8-9,13-16H,5-7,10-12H2;1H. The fourth-order valence-corrected chi connectivity index (χ4v) is 7.70.